The second kappa shape index (κ2) is 8.05. The number of nitriles is 1. The maximum Gasteiger partial charge on any atom is 0.416 e. The van der Waals surface area contributed by atoms with Gasteiger partial charge in [0.25, 0.3) is 0 Å². The highest BCUT2D eigenvalue weighted by atomic mass is 35.5. The molecule has 1 heterocycles. The van der Waals surface area contributed by atoms with Crippen LogP contribution in [0.15, 0.2) is 12.1 Å². The number of anilines is 2. The Labute approximate surface area is 186 Å². The minimum absolute atomic E-state index is 0.0690. The molecule has 14 heteroatoms. The van der Waals surface area contributed by atoms with E-state index in [1.54, 1.807) is 6.07 Å². The van der Waals surface area contributed by atoms with Gasteiger partial charge in [0.2, 0.25) is 0 Å². The van der Waals surface area contributed by atoms with Crippen molar-refractivity contribution in [2.75, 3.05) is 30.7 Å². The number of halogens is 5. The molecule has 2 N–H and O–H groups in total. The van der Waals surface area contributed by atoms with Gasteiger partial charge in [0.1, 0.15) is 17.4 Å². The van der Waals surface area contributed by atoms with Gasteiger partial charge in [-0.05, 0) is 30.9 Å². The van der Waals surface area contributed by atoms with E-state index >= 15 is 0 Å². The van der Waals surface area contributed by atoms with E-state index in [0.717, 1.165) is 26.1 Å². The van der Waals surface area contributed by atoms with E-state index in [-0.39, 0.29) is 35.3 Å². The Morgan fingerprint density at radius 2 is 1.84 bits per heavy atom. The van der Waals surface area contributed by atoms with Crippen LogP contribution in [-0.2, 0) is 16.4 Å². The summed E-state index contributed by atoms with van der Waals surface area (Å²) in [5.74, 6) is -0.214. The summed E-state index contributed by atoms with van der Waals surface area (Å²) in [6.45, 7) is 0.0690. The quantitative estimate of drug-likeness (QED) is 0.655. The number of hydrogen-bond acceptors (Lipinski definition) is 5. The topological polar surface area (TPSA) is 108 Å². The molecule has 0 bridgehead atoms. The van der Waals surface area contributed by atoms with Gasteiger partial charge in [-0.2, -0.15) is 36.3 Å². The third-order valence-corrected chi connectivity index (χ3v) is 7.06. The summed E-state index contributed by atoms with van der Waals surface area (Å²) in [4.78, 5) is 0. The zero-order valence-corrected chi connectivity index (χ0v) is 18.6. The van der Waals surface area contributed by atoms with Gasteiger partial charge in [-0.1, -0.05) is 23.2 Å². The van der Waals surface area contributed by atoms with Gasteiger partial charge in [0, 0.05) is 20.6 Å². The van der Waals surface area contributed by atoms with Crippen LogP contribution >= 0.6 is 23.2 Å². The van der Waals surface area contributed by atoms with Crippen molar-refractivity contribution in [3.8, 4) is 11.8 Å². The molecule has 1 fully saturated rings. The molecule has 0 unspecified atom stereocenters. The highest BCUT2D eigenvalue weighted by molar-refractivity contribution is 7.90. The first-order valence-electron chi connectivity index (χ1n) is 8.84. The highest BCUT2D eigenvalue weighted by Gasteiger charge is 2.38. The Bertz CT molecular complexity index is 1150. The van der Waals surface area contributed by atoms with Crippen LogP contribution < -0.4 is 10.0 Å². The molecule has 0 amide bonds. The Balaban J connectivity index is 2.22. The fourth-order valence-electron chi connectivity index (χ4n) is 2.88. The molecule has 1 aliphatic carbocycles. The molecule has 168 valence electrons. The van der Waals surface area contributed by atoms with Gasteiger partial charge in [0.05, 0.1) is 15.6 Å². The van der Waals surface area contributed by atoms with Crippen molar-refractivity contribution < 1.29 is 21.6 Å². The molecule has 31 heavy (non-hydrogen) atoms. The summed E-state index contributed by atoms with van der Waals surface area (Å²) in [5.41, 5.74) is 4.35. The van der Waals surface area contributed by atoms with Gasteiger partial charge in [0.15, 0.2) is 11.5 Å². The summed E-state index contributed by atoms with van der Waals surface area (Å²) in [6, 6.07) is 3.08. The first-order valence-corrected chi connectivity index (χ1v) is 11.0. The highest BCUT2D eigenvalue weighted by Crippen LogP contribution is 2.41. The Kier molecular flexibility index (Phi) is 6.09. The van der Waals surface area contributed by atoms with E-state index in [1.165, 1.54) is 14.1 Å². The normalized spacial score (nSPS) is 14.7. The lowest BCUT2D eigenvalue weighted by Gasteiger charge is -2.27. The second-order valence-corrected chi connectivity index (χ2v) is 10.0. The predicted molar refractivity (Wildman–Crippen MR) is 110 cm³/mol. The third-order valence-electron chi connectivity index (χ3n) is 4.67. The molecule has 0 spiro atoms. The lowest BCUT2D eigenvalue weighted by molar-refractivity contribution is -0.137. The standard InChI is InChI=1S/C17H17Cl2F3N6O2S/c1-26(2)31(29,30)27(8-9-3-4-9)15-13(7-23)25-28(16(15)24)14-11(18)5-10(6-12(14)19)17(20,21)22/h5-6,9H,3-4,8,24H2,1-2H3. The summed E-state index contributed by atoms with van der Waals surface area (Å²) >= 11 is 12.1. The van der Waals surface area contributed by atoms with Crippen molar-refractivity contribution in [2.45, 2.75) is 19.0 Å². The Morgan fingerprint density at radius 3 is 2.26 bits per heavy atom. The number of benzene rings is 1. The van der Waals surface area contributed by atoms with E-state index in [9.17, 15) is 26.9 Å². The van der Waals surface area contributed by atoms with E-state index < -0.39 is 32.0 Å². The number of nitrogens with zero attached hydrogens (tertiary/aromatic N) is 5. The van der Waals surface area contributed by atoms with Gasteiger partial charge < -0.3 is 5.73 Å². The first-order chi connectivity index (χ1) is 14.3. The molecule has 1 aromatic heterocycles. The van der Waals surface area contributed by atoms with Crippen LogP contribution in [0.3, 0.4) is 0 Å². The zero-order valence-electron chi connectivity index (χ0n) is 16.3. The zero-order chi connectivity index (χ0) is 23.3. The number of alkyl halides is 3. The molecule has 0 saturated heterocycles. The molecule has 0 radical (unpaired) electrons. The molecule has 0 aliphatic heterocycles. The van der Waals surface area contributed by atoms with Gasteiger partial charge in [-0.15, -0.1) is 0 Å². The van der Waals surface area contributed by atoms with Gasteiger partial charge in [-0.25, -0.2) is 4.68 Å². The molecule has 8 nitrogen and oxygen atoms in total. The smallest absolute Gasteiger partial charge is 0.382 e. The van der Waals surface area contributed by atoms with Crippen LogP contribution in [-0.4, -0.2) is 43.1 Å². The molecule has 0 atom stereocenters. The van der Waals surface area contributed by atoms with Crippen molar-refractivity contribution in [1.29, 1.82) is 5.26 Å². The van der Waals surface area contributed by atoms with Crippen molar-refractivity contribution in [2.24, 2.45) is 5.92 Å². The van der Waals surface area contributed by atoms with Gasteiger partial charge in [-0.3, -0.25) is 4.31 Å². The summed E-state index contributed by atoms with van der Waals surface area (Å²) < 4.78 is 67.8. The number of rotatable bonds is 6. The van der Waals surface area contributed by atoms with Crippen molar-refractivity contribution in [3.63, 3.8) is 0 Å². The van der Waals surface area contributed by atoms with E-state index in [2.05, 4.69) is 5.10 Å². The van der Waals surface area contributed by atoms with Crippen LogP contribution in [0.2, 0.25) is 10.0 Å². The molecule has 1 aliphatic rings. The van der Waals surface area contributed by atoms with Gasteiger partial charge >= 0.3 is 16.4 Å². The molecular weight excluding hydrogens is 480 g/mol. The fourth-order valence-corrected chi connectivity index (χ4v) is 4.73. The molecule has 1 saturated carbocycles. The fraction of sp³-hybridized carbons (Fsp3) is 0.412. The second-order valence-electron chi connectivity index (χ2n) is 7.16. The molecule has 3 rings (SSSR count). The maximum atomic E-state index is 13.0. The third kappa shape index (κ3) is 4.41. The van der Waals surface area contributed by atoms with Crippen molar-refractivity contribution in [3.05, 3.63) is 33.4 Å². The Hall–Kier alpha value is -2.20. The Morgan fingerprint density at radius 1 is 1.29 bits per heavy atom. The maximum absolute atomic E-state index is 13.0. The summed E-state index contributed by atoms with van der Waals surface area (Å²) in [6.07, 6.45) is -3.07. The molecular formula is C17H17Cl2F3N6O2S. The minimum Gasteiger partial charge on any atom is -0.382 e. The molecule has 1 aromatic carbocycles. The van der Waals surface area contributed by atoms with E-state index in [1.807, 2.05) is 0 Å². The summed E-state index contributed by atoms with van der Waals surface area (Å²) in [5, 5.41) is 12.7. The average Bonchev–Trinajstić information content (AvgIpc) is 3.42. The average molecular weight is 497 g/mol. The van der Waals surface area contributed by atoms with Crippen LogP contribution in [0.5, 0.6) is 0 Å². The summed E-state index contributed by atoms with van der Waals surface area (Å²) in [7, 11) is -1.40. The minimum atomic E-state index is -4.69. The number of nitrogen functional groups attached to an aromatic ring is 1. The number of aromatic nitrogens is 2. The largest absolute Gasteiger partial charge is 0.416 e. The van der Waals surface area contributed by atoms with E-state index in [4.69, 9.17) is 28.9 Å². The monoisotopic (exact) mass is 496 g/mol. The number of hydrogen-bond donors (Lipinski definition) is 1. The SMILES string of the molecule is CN(C)S(=O)(=O)N(CC1CC1)c1c(C#N)nn(-c2c(Cl)cc(C(F)(F)F)cc2Cl)c1N. The van der Waals surface area contributed by atoms with Crippen LogP contribution in [0.25, 0.3) is 5.69 Å². The predicted octanol–water partition coefficient (Wildman–Crippen LogP) is 3.67. The lowest BCUT2D eigenvalue weighted by Crippen LogP contribution is -2.42. The first kappa shape index (κ1) is 23.5. The molecule has 2 aromatic rings. The van der Waals surface area contributed by atoms with Crippen molar-refractivity contribution >= 4 is 44.9 Å². The lowest BCUT2D eigenvalue weighted by atomic mass is 10.2. The van der Waals surface area contributed by atoms with E-state index in [0.29, 0.717) is 12.1 Å². The van der Waals surface area contributed by atoms with Crippen LogP contribution in [0.4, 0.5) is 24.7 Å². The van der Waals surface area contributed by atoms with Crippen LogP contribution in [0.1, 0.15) is 24.1 Å². The number of nitrogens with two attached hydrogens (primary N) is 1. The van der Waals surface area contributed by atoms with Crippen molar-refractivity contribution in [1.82, 2.24) is 14.1 Å². The van der Waals surface area contributed by atoms with Crippen LogP contribution in [0, 0.1) is 17.2 Å².